The Morgan fingerprint density at radius 2 is 1.00 bits per heavy atom. The van der Waals surface area contributed by atoms with Crippen molar-refractivity contribution >= 4 is 33.0 Å². The van der Waals surface area contributed by atoms with Gasteiger partial charge >= 0.3 is 6.18 Å². The van der Waals surface area contributed by atoms with Gasteiger partial charge in [0.25, 0.3) is 0 Å². The van der Waals surface area contributed by atoms with Crippen LogP contribution < -0.4 is 26.6 Å². The van der Waals surface area contributed by atoms with Gasteiger partial charge in [0.1, 0.15) is 39.3 Å². The van der Waals surface area contributed by atoms with Gasteiger partial charge in [0.15, 0.2) is 0 Å². The second kappa shape index (κ2) is 30.1. The Morgan fingerprint density at radius 1 is 0.531 bits per heavy atom. The fourth-order valence-electron chi connectivity index (χ4n) is 9.11. The number of phenolic OH excluding ortho intramolecular Hbond substituents is 4. The van der Waals surface area contributed by atoms with Crippen molar-refractivity contribution in [3.63, 3.8) is 0 Å². The van der Waals surface area contributed by atoms with E-state index in [2.05, 4.69) is 33.5 Å². The molecule has 6 aromatic rings. The summed E-state index contributed by atoms with van der Waals surface area (Å²) in [5.41, 5.74) is 2.52. The molecule has 5 heterocycles. The van der Waals surface area contributed by atoms with Crippen molar-refractivity contribution in [1.29, 1.82) is 0 Å². The van der Waals surface area contributed by atoms with Crippen LogP contribution in [0.4, 0.5) is 17.6 Å². The summed E-state index contributed by atoms with van der Waals surface area (Å²) in [6.07, 6.45) is -5.34. The first kappa shape index (κ1) is 63.0. The van der Waals surface area contributed by atoms with Crippen molar-refractivity contribution in [2.45, 2.75) is 52.9 Å². The number of hydrogen-bond acceptors (Lipinski definition) is 16. The third kappa shape index (κ3) is 18.2. The molecular weight excluding hydrogens is 1120 g/mol. The highest BCUT2D eigenvalue weighted by atomic mass is 35.5. The van der Waals surface area contributed by atoms with E-state index in [1.54, 1.807) is 60.7 Å². The Hall–Kier alpha value is -5.63. The molecule has 5 aliphatic rings. The molecule has 438 valence electrons. The van der Waals surface area contributed by atoms with Crippen molar-refractivity contribution in [3.8, 4) is 23.0 Å². The van der Waals surface area contributed by atoms with Gasteiger partial charge in [-0.3, -0.25) is 0 Å². The molecule has 6 aromatic carbocycles. The Morgan fingerprint density at radius 3 is 1.49 bits per heavy atom. The van der Waals surface area contributed by atoms with Gasteiger partial charge in [0.05, 0.1) is 78.0 Å². The van der Waals surface area contributed by atoms with E-state index in [9.17, 15) is 36.2 Å². The van der Waals surface area contributed by atoms with Gasteiger partial charge in [-0.1, -0.05) is 71.7 Å². The van der Waals surface area contributed by atoms with Crippen LogP contribution in [0, 0.1) is 5.82 Å². The molecule has 5 atom stereocenters. The summed E-state index contributed by atoms with van der Waals surface area (Å²) in [4.78, 5) is 0.0895. The van der Waals surface area contributed by atoms with Crippen LogP contribution >= 0.6 is 23.2 Å². The number of hydrogen-bond donors (Lipinski definition) is 9. The molecule has 5 aliphatic heterocycles. The van der Waals surface area contributed by atoms with E-state index in [-0.39, 0.29) is 55.1 Å². The minimum atomic E-state index is -4.49. The Labute approximate surface area is 478 Å². The van der Waals surface area contributed by atoms with E-state index < -0.39 is 39.2 Å². The third-order valence-electron chi connectivity index (χ3n) is 13.4. The minimum Gasteiger partial charge on any atom is -0.508 e. The number of sulfone groups is 1. The lowest BCUT2D eigenvalue weighted by atomic mass is 9.94. The Kier molecular flexibility index (Phi) is 23.4. The molecule has 0 aromatic heterocycles. The summed E-state index contributed by atoms with van der Waals surface area (Å²) in [6.45, 7) is 12.5. The molecule has 0 amide bonds. The van der Waals surface area contributed by atoms with E-state index in [0.717, 1.165) is 81.3 Å². The number of ether oxygens (including phenoxy) is 5. The first-order chi connectivity index (χ1) is 38.8. The number of halogens is 6. The zero-order valence-corrected chi connectivity index (χ0v) is 46.7. The molecule has 0 saturated carbocycles. The van der Waals surface area contributed by atoms with Crippen LogP contribution in [0.5, 0.6) is 23.0 Å². The Bertz CT molecular complexity index is 3010. The number of nitrogens with one attached hydrogen (secondary N) is 5. The fourth-order valence-corrected chi connectivity index (χ4v) is 11.5. The van der Waals surface area contributed by atoms with Crippen LogP contribution in [0.2, 0.25) is 10.0 Å². The van der Waals surface area contributed by atoms with Gasteiger partial charge in [-0.05, 0) is 102 Å². The quantitative estimate of drug-likeness (QED) is 0.0681. The van der Waals surface area contributed by atoms with Crippen molar-refractivity contribution in [2.75, 3.05) is 98.5 Å². The predicted molar refractivity (Wildman–Crippen MR) is 298 cm³/mol. The van der Waals surface area contributed by atoms with Gasteiger partial charge in [0, 0.05) is 77.1 Å². The van der Waals surface area contributed by atoms with E-state index in [1.807, 2.05) is 24.3 Å². The highest BCUT2D eigenvalue weighted by Crippen LogP contribution is 2.38. The molecular formula is C58H67Cl2F4N5O11S. The van der Waals surface area contributed by atoms with Gasteiger partial charge in [-0.15, -0.1) is 0 Å². The fraction of sp³-hybridized carbons (Fsp3) is 0.379. The SMILES string of the molecule is CC1(c2ccc(O)cc2)CNCCO1.O=S(=O)(c1ccc(C2CNCCO2)cc1)c1c(Cl)cccc1Cl.Oc1ccc(C2CNCCO2)c(C(F)(F)F)c1.Oc1ccc(C2CNCCO2)c(F)c1.Oc1cccc(C2CNCCO2)c1. The molecule has 5 fully saturated rings. The number of morpholine rings is 5. The van der Waals surface area contributed by atoms with Crippen molar-refractivity contribution in [1.82, 2.24) is 26.6 Å². The predicted octanol–water partition coefficient (Wildman–Crippen LogP) is 9.03. The molecule has 0 aliphatic carbocycles. The molecule has 23 heteroatoms. The van der Waals surface area contributed by atoms with Crippen LogP contribution in [0.1, 0.15) is 64.7 Å². The van der Waals surface area contributed by atoms with Crippen molar-refractivity contribution in [2.24, 2.45) is 0 Å². The lowest BCUT2D eigenvalue weighted by molar-refractivity contribution is -0.140. The summed E-state index contributed by atoms with van der Waals surface area (Å²) in [5, 5.41) is 52.7. The van der Waals surface area contributed by atoms with Crippen molar-refractivity contribution in [3.05, 3.63) is 177 Å². The molecule has 5 saturated heterocycles. The van der Waals surface area contributed by atoms with Gasteiger partial charge in [-0.25, -0.2) is 12.8 Å². The second-order valence-electron chi connectivity index (χ2n) is 19.3. The lowest BCUT2D eigenvalue weighted by Gasteiger charge is -2.34. The Balaban J connectivity index is 0.000000149. The normalized spacial score (nSPS) is 22.1. The first-order valence-electron chi connectivity index (χ1n) is 26.2. The van der Waals surface area contributed by atoms with Crippen LogP contribution in [-0.4, -0.2) is 127 Å². The van der Waals surface area contributed by atoms with Crippen LogP contribution in [0.15, 0.2) is 137 Å². The topological polar surface area (TPSA) is 221 Å². The summed E-state index contributed by atoms with van der Waals surface area (Å²) in [7, 11) is -3.77. The molecule has 16 nitrogen and oxygen atoms in total. The van der Waals surface area contributed by atoms with Crippen LogP contribution in [0.3, 0.4) is 0 Å². The highest BCUT2D eigenvalue weighted by molar-refractivity contribution is 7.91. The number of alkyl halides is 3. The van der Waals surface area contributed by atoms with Gasteiger partial charge in [0.2, 0.25) is 9.84 Å². The first-order valence-corrected chi connectivity index (χ1v) is 28.5. The molecule has 0 radical (unpaired) electrons. The minimum absolute atomic E-state index is 0.0579. The maximum atomic E-state index is 13.4. The zero-order valence-electron chi connectivity index (χ0n) is 44.4. The van der Waals surface area contributed by atoms with E-state index >= 15 is 0 Å². The number of benzene rings is 6. The van der Waals surface area contributed by atoms with E-state index in [1.165, 1.54) is 30.3 Å². The third-order valence-corrected chi connectivity index (χ3v) is 16.1. The number of phenols is 4. The van der Waals surface area contributed by atoms with Gasteiger partial charge in [-0.2, -0.15) is 13.2 Å². The molecule has 0 spiro atoms. The standard InChI is InChI=1S/C16H15Cl2NO3S.C11H12F3NO2.C11H15NO2.C10H12FNO2.C10H13NO2/c17-13-2-1-3-14(18)16(13)23(20,21)12-6-4-11(5-7-12)15-10-19-8-9-22-15;12-11(13,14)9-5-7(16)1-2-8(9)10-6-15-3-4-17-10;1-11(8-12-6-7-14-11)9-2-4-10(13)5-3-9;11-9-5-7(13)1-2-8(9)10-6-12-3-4-14-10;12-9-3-1-2-8(6-9)10-7-11-4-5-13-10/h1-7,15,19H,8-10H2;1-2,5,10,15-16H,3-4,6H2;2-5,12-13H,6-8H2,1H3;1-2,5,10,12-13H,3-4,6H2;1-3,6,10-12H,4-5,7H2. The summed E-state index contributed by atoms with van der Waals surface area (Å²) in [6, 6.07) is 33.0. The molecule has 5 unspecified atom stereocenters. The van der Waals surface area contributed by atoms with E-state index in [4.69, 9.17) is 57.1 Å². The maximum Gasteiger partial charge on any atom is 0.416 e. The number of rotatable bonds is 7. The zero-order chi connectivity index (χ0) is 58.0. The molecule has 9 N–H and O–H groups in total. The largest absolute Gasteiger partial charge is 0.508 e. The second-order valence-corrected chi connectivity index (χ2v) is 22.0. The lowest BCUT2D eigenvalue weighted by Crippen LogP contribution is -2.45. The summed E-state index contributed by atoms with van der Waals surface area (Å²) >= 11 is 12.1. The maximum absolute atomic E-state index is 13.4. The number of aromatic hydroxyl groups is 4. The van der Waals surface area contributed by atoms with E-state index in [0.29, 0.717) is 63.1 Å². The average Bonchev–Trinajstić information content (AvgIpc) is 3.53. The molecule has 81 heavy (non-hydrogen) atoms. The smallest absolute Gasteiger partial charge is 0.416 e. The molecule has 0 bridgehead atoms. The van der Waals surface area contributed by atoms with Crippen LogP contribution in [-0.2, 0) is 45.3 Å². The summed E-state index contributed by atoms with van der Waals surface area (Å²) < 4.78 is 105. The summed E-state index contributed by atoms with van der Waals surface area (Å²) in [5.74, 6) is -0.286. The van der Waals surface area contributed by atoms with Crippen LogP contribution in [0.25, 0.3) is 0 Å². The monoisotopic (exact) mass is 1190 g/mol. The molecule has 11 rings (SSSR count). The average molecular weight is 1190 g/mol. The van der Waals surface area contributed by atoms with Gasteiger partial charge < -0.3 is 70.7 Å². The highest BCUT2D eigenvalue weighted by Gasteiger charge is 2.36. The van der Waals surface area contributed by atoms with Crippen molar-refractivity contribution < 1.29 is 70.1 Å².